The van der Waals surface area contributed by atoms with E-state index in [4.69, 9.17) is 4.74 Å². The normalized spacial score (nSPS) is 11.0. The fourth-order valence-electron chi connectivity index (χ4n) is 2.85. The molecule has 3 aromatic rings. The van der Waals surface area contributed by atoms with E-state index in [1.165, 1.54) is 27.7 Å². The van der Waals surface area contributed by atoms with Gasteiger partial charge >= 0.3 is 0 Å². The van der Waals surface area contributed by atoms with Crippen LogP contribution in [0.1, 0.15) is 16.8 Å². The van der Waals surface area contributed by atoms with Crippen molar-refractivity contribution in [2.45, 2.75) is 19.9 Å². The van der Waals surface area contributed by atoms with Gasteiger partial charge in [-0.1, -0.05) is 30.3 Å². The Morgan fingerprint density at radius 3 is 2.68 bits per heavy atom. The number of ether oxygens (including phenoxy) is 1. The molecule has 0 aliphatic heterocycles. The van der Waals surface area contributed by atoms with Gasteiger partial charge in [0.1, 0.15) is 5.75 Å². The van der Waals surface area contributed by atoms with Crippen LogP contribution in [0.5, 0.6) is 5.75 Å². The van der Waals surface area contributed by atoms with Crippen LogP contribution in [-0.4, -0.2) is 18.6 Å². The highest BCUT2D eigenvalue weighted by atomic mass is 16.5. The minimum atomic E-state index is 0.907. The smallest absolute Gasteiger partial charge is 0.119 e. The van der Waals surface area contributed by atoms with Crippen LogP contribution in [0.3, 0.4) is 0 Å². The van der Waals surface area contributed by atoms with Crippen molar-refractivity contribution in [3.05, 3.63) is 65.4 Å². The average Bonchev–Trinajstić information content (AvgIpc) is 2.87. The third-order valence-corrected chi connectivity index (χ3v) is 4.05. The molecule has 0 atom stereocenters. The Kier molecular flexibility index (Phi) is 4.45. The SMILES string of the molecule is COc1ccc2[nH]c(C)c(CCNCc3ccccc3)c2c1. The van der Waals surface area contributed by atoms with Gasteiger partial charge in [-0.15, -0.1) is 0 Å². The van der Waals surface area contributed by atoms with Crippen LogP contribution in [0.15, 0.2) is 48.5 Å². The molecule has 2 aromatic carbocycles. The Hall–Kier alpha value is -2.26. The Labute approximate surface area is 131 Å². The fraction of sp³-hybridized carbons (Fsp3) is 0.263. The van der Waals surface area contributed by atoms with Crippen LogP contribution in [0.4, 0.5) is 0 Å². The molecule has 114 valence electrons. The molecule has 1 aromatic heterocycles. The fourth-order valence-corrected chi connectivity index (χ4v) is 2.85. The van der Waals surface area contributed by atoms with E-state index in [0.29, 0.717) is 0 Å². The minimum absolute atomic E-state index is 0.907. The molecule has 1 heterocycles. The first-order valence-corrected chi connectivity index (χ1v) is 7.68. The number of aromatic nitrogens is 1. The maximum Gasteiger partial charge on any atom is 0.119 e. The molecule has 0 fully saturated rings. The first-order valence-electron chi connectivity index (χ1n) is 7.68. The van der Waals surface area contributed by atoms with Gasteiger partial charge in [0.15, 0.2) is 0 Å². The molecule has 0 unspecified atom stereocenters. The molecule has 3 nitrogen and oxygen atoms in total. The summed E-state index contributed by atoms with van der Waals surface area (Å²) < 4.78 is 5.34. The second kappa shape index (κ2) is 6.67. The standard InChI is InChI=1S/C19H22N2O/c1-14-17(10-11-20-13-15-6-4-3-5-7-15)18-12-16(22-2)8-9-19(18)21-14/h3-9,12,20-21H,10-11,13H2,1-2H3. The third-order valence-electron chi connectivity index (χ3n) is 4.05. The van der Waals surface area contributed by atoms with Gasteiger partial charge in [-0.05, 0) is 49.2 Å². The molecule has 0 bridgehead atoms. The number of hydrogen-bond donors (Lipinski definition) is 2. The van der Waals surface area contributed by atoms with Gasteiger partial charge in [-0.2, -0.15) is 0 Å². The zero-order valence-electron chi connectivity index (χ0n) is 13.1. The largest absolute Gasteiger partial charge is 0.497 e. The first kappa shape index (κ1) is 14.7. The number of methoxy groups -OCH3 is 1. The van der Waals surface area contributed by atoms with Crippen molar-refractivity contribution in [3.8, 4) is 5.75 Å². The molecule has 2 N–H and O–H groups in total. The number of H-pyrrole nitrogens is 1. The van der Waals surface area contributed by atoms with Crippen LogP contribution in [-0.2, 0) is 13.0 Å². The van der Waals surface area contributed by atoms with Crippen molar-refractivity contribution in [2.24, 2.45) is 0 Å². The van der Waals surface area contributed by atoms with Crippen molar-refractivity contribution in [3.63, 3.8) is 0 Å². The molecule has 0 amide bonds. The average molecular weight is 294 g/mol. The number of rotatable bonds is 6. The highest BCUT2D eigenvalue weighted by molar-refractivity contribution is 5.86. The number of fused-ring (bicyclic) bond motifs is 1. The Morgan fingerprint density at radius 1 is 1.09 bits per heavy atom. The highest BCUT2D eigenvalue weighted by Crippen LogP contribution is 2.26. The summed E-state index contributed by atoms with van der Waals surface area (Å²) in [6, 6.07) is 16.7. The van der Waals surface area contributed by atoms with Gasteiger partial charge in [0.05, 0.1) is 7.11 Å². The van der Waals surface area contributed by atoms with Crippen LogP contribution < -0.4 is 10.1 Å². The van der Waals surface area contributed by atoms with E-state index in [9.17, 15) is 0 Å². The van der Waals surface area contributed by atoms with Gasteiger partial charge in [0.25, 0.3) is 0 Å². The summed E-state index contributed by atoms with van der Waals surface area (Å²) in [5.41, 5.74) is 5.11. The molecule has 0 saturated heterocycles. The van der Waals surface area contributed by atoms with Crippen molar-refractivity contribution < 1.29 is 4.74 Å². The number of hydrogen-bond acceptors (Lipinski definition) is 2. The zero-order valence-corrected chi connectivity index (χ0v) is 13.1. The van der Waals surface area contributed by atoms with Crippen molar-refractivity contribution in [2.75, 3.05) is 13.7 Å². The van der Waals surface area contributed by atoms with Crippen LogP contribution in [0, 0.1) is 6.92 Å². The maximum absolute atomic E-state index is 5.34. The molecule has 0 aliphatic rings. The lowest BCUT2D eigenvalue weighted by Gasteiger charge is -2.06. The molecule has 0 saturated carbocycles. The van der Waals surface area contributed by atoms with Gasteiger partial charge in [-0.3, -0.25) is 0 Å². The molecule has 3 rings (SSSR count). The summed E-state index contributed by atoms with van der Waals surface area (Å²) >= 11 is 0. The lowest BCUT2D eigenvalue weighted by atomic mass is 10.1. The summed E-state index contributed by atoms with van der Waals surface area (Å²) in [6.07, 6.45) is 1.01. The van der Waals surface area contributed by atoms with E-state index < -0.39 is 0 Å². The predicted molar refractivity (Wildman–Crippen MR) is 91.4 cm³/mol. The summed E-state index contributed by atoms with van der Waals surface area (Å²) in [7, 11) is 1.71. The summed E-state index contributed by atoms with van der Waals surface area (Å²) in [5.74, 6) is 0.907. The lowest BCUT2D eigenvalue weighted by molar-refractivity contribution is 0.415. The van der Waals surface area contributed by atoms with E-state index in [-0.39, 0.29) is 0 Å². The predicted octanol–water partition coefficient (Wildman–Crippen LogP) is 3.82. The number of benzene rings is 2. The number of aryl methyl sites for hydroxylation is 1. The number of nitrogens with one attached hydrogen (secondary N) is 2. The van der Waals surface area contributed by atoms with E-state index in [2.05, 4.69) is 53.6 Å². The zero-order chi connectivity index (χ0) is 15.4. The van der Waals surface area contributed by atoms with Gasteiger partial charge in [0.2, 0.25) is 0 Å². The Morgan fingerprint density at radius 2 is 1.91 bits per heavy atom. The second-order valence-corrected chi connectivity index (χ2v) is 5.55. The van der Waals surface area contributed by atoms with Gasteiger partial charge < -0.3 is 15.0 Å². The highest BCUT2D eigenvalue weighted by Gasteiger charge is 2.09. The summed E-state index contributed by atoms with van der Waals surface area (Å²) in [4.78, 5) is 3.45. The molecule has 0 radical (unpaired) electrons. The van der Waals surface area contributed by atoms with Crippen LogP contribution in [0.2, 0.25) is 0 Å². The molecule has 3 heteroatoms. The van der Waals surface area contributed by atoms with E-state index in [1.807, 2.05) is 12.1 Å². The monoisotopic (exact) mass is 294 g/mol. The third kappa shape index (κ3) is 3.15. The van der Waals surface area contributed by atoms with Crippen molar-refractivity contribution in [1.82, 2.24) is 10.3 Å². The second-order valence-electron chi connectivity index (χ2n) is 5.55. The van der Waals surface area contributed by atoms with Crippen LogP contribution >= 0.6 is 0 Å². The molecule has 0 spiro atoms. The molecular formula is C19H22N2O. The van der Waals surface area contributed by atoms with E-state index in [1.54, 1.807) is 7.11 Å². The molecule has 22 heavy (non-hydrogen) atoms. The topological polar surface area (TPSA) is 37.0 Å². The van der Waals surface area contributed by atoms with E-state index in [0.717, 1.165) is 25.3 Å². The first-order chi connectivity index (χ1) is 10.8. The number of aromatic amines is 1. The van der Waals surface area contributed by atoms with Gasteiger partial charge in [-0.25, -0.2) is 0 Å². The summed E-state index contributed by atoms with van der Waals surface area (Å²) in [5, 5.41) is 4.78. The van der Waals surface area contributed by atoms with Crippen LogP contribution in [0.25, 0.3) is 10.9 Å². The Bertz CT molecular complexity index is 747. The maximum atomic E-state index is 5.34. The van der Waals surface area contributed by atoms with Crippen molar-refractivity contribution in [1.29, 1.82) is 0 Å². The van der Waals surface area contributed by atoms with Gasteiger partial charge in [0, 0.05) is 23.1 Å². The Balaban J connectivity index is 1.67. The quantitative estimate of drug-likeness (QED) is 0.678. The minimum Gasteiger partial charge on any atom is -0.497 e. The summed E-state index contributed by atoms with van der Waals surface area (Å²) in [6.45, 7) is 4.00. The van der Waals surface area contributed by atoms with Crippen molar-refractivity contribution >= 4 is 10.9 Å². The molecule has 0 aliphatic carbocycles. The lowest BCUT2D eigenvalue weighted by Crippen LogP contribution is -2.16. The molecular weight excluding hydrogens is 272 g/mol. The van der Waals surface area contributed by atoms with E-state index >= 15 is 0 Å².